The van der Waals surface area contributed by atoms with Gasteiger partial charge >= 0.3 is 39.5 Å². The summed E-state index contributed by atoms with van der Waals surface area (Å²) in [6, 6.07) is 0. The van der Waals surface area contributed by atoms with Crippen LogP contribution in [0.5, 0.6) is 0 Å². The first-order valence-electron chi connectivity index (χ1n) is 42.4. The minimum atomic E-state index is -4.96. The molecule has 0 aliphatic carbocycles. The second kappa shape index (κ2) is 72.3. The van der Waals surface area contributed by atoms with E-state index < -0.39 is 97.5 Å². The van der Waals surface area contributed by atoms with Crippen LogP contribution in [0.4, 0.5) is 0 Å². The molecule has 0 aromatic rings. The van der Waals surface area contributed by atoms with E-state index in [0.717, 1.165) is 108 Å². The molecule has 19 heteroatoms. The summed E-state index contributed by atoms with van der Waals surface area (Å²) in [7, 11) is -9.92. The lowest BCUT2D eigenvalue weighted by atomic mass is 9.99. The van der Waals surface area contributed by atoms with Gasteiger partial charge in [-0.1, -0.05) is 376 Å². The second-order valence-electron chi connectivity index (χ2n) is 30.7. The Balaban J connectivity index is 5.22. The predicted molar refractivity (Wildman–Crippen MR) is 414 cm³/mol. The molecular formula is C82H160O17P2. The molecule has 101 heavy (non-hydrogen) atoms. The van der Waals surface area contributed by atoms with Crippen LogP contribution in [0.2, 0.25) is 0 Å². The van der Waals surface area contributed by atoms with Gasteiger partial charge in [-0.25, -0.2) is 9.13 Å². The number of aliphatic hydroxyl groups is 1. The number of esters is 4. The Labute approximate surface area is 619 Å². The van der Waals surface area contributed by atoms with Crippen molar-refractivity contribution in [2.45, 2.75) is 446 Å². The second-order valence-corrected chi connectivity index (χ2v) is 33.6. The van der Waals surface area contributed by atoms with Gasteiger partial charge in [0.05, 0.1) is 26.4 Å². The number of carbonyl (C=O) groups excluding carboxylic acids is 4. The zero-order chi connectivity index (χ0) is 74.4. The van der Waals surface area contributed by atoms with Gasteiger partial charge in [0, 0.05) is 25.7 Å². The summed E-state index contributed by atoms with van der Waals surface area (Å²) in [5, 5.41) is 10.6. The van der Waals surface area contributed by atoms with Crippen molar-refractivity contribution in [1.82, 2.24) is 0 Å². The zero-order valence-electron chi connectivity index (χ0n) is 66.4. The standard InChI is InChI=1S/C82H160O17P2/c1-8-10-11-12-13-14-15-16-17-18-19-20-24-27-30-36-41-49-56-63-79(84)92-69-77(98-81(86)65-58-51-42-37-31-28-25-22-21-23-26-29-34-39-46-53-60-73(3)4)71-96-100(88,89)94-67-76(83)68-95-101(90,91)97-72-78(70-93-80(85)64-57-50-45-44-47-54-61-74(5)6)99-82(87)66-59-52-43-38-33-32-35-40-48-55-62-75(7)9-2/h73-78,83H,8-72H2,1-7H3,(H,88,89)(H,90,91)/t75?,76-,77-,78-/m1/s1. The molecule has 0 radical (unpaired) electrons. The summed E-state index contributed by atoms with van der Waals surface area (Å²) in [5.41, 5.74) is 0. The normalized spacial score (nSPS) is 14.2. The maximum atomic E-state index is 13.1. The highest BCUT2D eigenvalue weighted by atomic mass is 31.2. The van der Waals surface area contributed by atoms with Gasteiger partial charge in [-0.15, -0.1) is 0 Å². The monoisotopic (exact) mass is 1480 g/mol. The molecule has 0 fully saturated rings. The number of unbranched alkanes of at least 4 members (excludes halogenated alkanes) is 47. The summed E-state index contributed by atoms with van der Waals surface area (Å²) in [5.74, 6) is 0.179. The minimum Gasteiger partial charge on any atom is -0.462 e. The lowest BCUT2D eigenvalue weighted by Gasteiger charge is -2.21. The van der Waals surface area contributed by atoms with Crippen LogP contribution in [0, 0.1) is 17.8 Å². The van der Waals surface area contributed by atoms with Crippen LogP contribution < -0.4 is 0 Å². The Kier molecular flexibility index (Phi) is 70.9. The maximum Gasteiger partial charge on any atom is 0.472 e. The Morgan fingerprint density at radius 3 is 0.752 bits per heavy atom. The van der Waals surface area contributed by atoms with Gasteiger partial charge in [-0.05, 0) is 43.4 Å². The first-order chi connectivity index (χ1) is 48.8. The van der Waals surface area contributed by atoms with E-state index in [-0.39, 0.29) is 25.7 Å². The van der Waals surface area contributed by atoms with E-state index >= 15 is 0 Å². The van der Waals surface area contributed by atoms with Crippen LogP contribution in [-0.4, -0.2) is 96.7 Å². The Morgan fingerprint density at radius 2 is 0.505 bits per heavy atom. The van der Waals surface area contributed by atoms with E-state index in [0.29, 0.717) is 31.6 Å². The molecule has 6 atom stereocenters. The summed E-state index contributed by atoms with van der Waals surface area (Å²) in [4.78, 5) is 73.0. The number of phosphoric ester groups is 2. The first-order valence-corrected chi connectivity index (χ1v) is 45.4. The summed E-state index contributed by atoms with van der Waals surface area (Å²) < 4.78 is 68.7. The van der Waals surface area contributed by atoms with E-state index in [2.05, 4.69) is 48.5 Å². The van der Waals surface area contributed by atoms with Crippen molar-refractivity contribution in [1.29, 1.82) is 0 Å². The molecule has 0 bridgehead atoms. The van der Waals surface area contributed by atoms with Gasteiger partial charge < -0.3 is 33.8 Å². The number of rotatable bonds is 80. The molecule has 0 amide bonds. The van der Waals surface area contributed by atoms with Crippen LogP contribution in [0.3, 0.4) is 0 Å². The van der Waals surface area contributed by atoms with Gasteiger partial charge in [0.1, 0.15) is 19.3 Å². The molecule has 0 saturated carbocycles. The molecule has 0 spiro atoms. The summed E-state index contributed by atoms with van der Waals surface area (Å²) >= 11 is 0. The lowest BCUT2D eigenvalue weighted by Crippen LogP contribution is -2.30. The Morgan fingerprint density at radius 1 is 0.287 bits per heavy atom. The third-order valence-electron chi connectivity index (χ3n) is 19.5. The fourth-order valence-corrected chi connectivity index (χ4v) is 14.2. The molecule has 0 heterocycles. The van der Waals surface area contributed by atoms with Crippen molar-refractivity contribution >= 4 is 39.5 Å². The number of ether oxygens (including phenoxy) is 4. The first kappa shape index (κ1) is 99.1. The lowest BCUT2D eigenvalue weighted by molar-refractivity contribution is -0.161. The van der Waals surface area contributed by atoms with E-state index in [4.69, 9.17) is 37.0 Å². The predicted octanol–water partition coefficient (Wildman–Crippen LogP) is 24.5. The van der Waals surface area contributed by atoms with Gasteiger partial charge in [-0.3, -0.25) is 37.3 Å². The van der Waals surface area contributed by atoms with Crippen LogP contribution in [0.15, 0.2) is 0 Å². The molecule has 0 aliphatic heterocycles. The van der Waals surface area contributed by atoms with Gasteiger partial charge in [0.25, 0.3) is 0 Å². The van der Waals surface area contributed by atoms with Crippen molar-refractivity contribution in [2.75, 3.05) is 39.6 Å². The number of aliphatic hydroxyl groups excluding tert-OH is 1. The van der Waals surface area contributed by atoms with Crippen LogP contribution >= 0.6 is 15.6 Å². The van der Waals surface area contributed by atoms with Gasteiger partial charge in [0.15, 0.2) is 12.2 Å². The largest absolute Gasteiger partial charge is 0.472 e. The van der Waals surface area contributed by atoms with Gasteiger partial charge in [0.2, 0.25) is 0 Å². The molecule has 600 valence electrons. The number of carbonyl (C=O) groups is 4. The molecule has 0 aromatic carbocycles. The Hall–Kier alpha value is -1.94. The van der Waals surface area contributed by atoms with Gasteiger partial charge in [-0.2, -0.15) is 0 Å². The topological polar surface area (TPSA) is 237 Å². The van der Waals surface area contributed by atoms with E-state index in [1.54, 1.807) is 0 Å². The van der Waals surface area contributed by atoms with E-state index in [1.807, 2.05) is 0 Å². The average molecular weight is 1480 g/mol. The molecule has 0 saturated heterocycles. The van der Waals surface area contributed by atoms with Crippen LogP contribution in [-0.2, 0) is 65.4 Å². The highest BCUT2D eigenvalue weighted by molar-refractivity contribution is 7.47. The third kappa shape index (κ3) is 74.7. The number of hydrogen-bond acceptors (Lipinski definition) is 15. The molecule has 0 aliphatic rings. The maximum absolute atomic E-state index is 13.1. The van der Waals surface area contributed by atoms with Crippen molar-refractivity contribution in [3.63, 3.8) is 0 Å². The van der Waals surface area contributed by atoms with Crippen LogP contribution in [0.1, 0.15) is 427 Å². The van der Waals surface area contributed by atoms with Crippen molar-refractivity contribution in [3.05, 3.63) is 0 Å². The fraction of sp³-hybridized carbons (Fsp3) is 0.951. The van der Waals surface area contributed by atoms with Crippen LogP contribution in [0.25, 0.3) is 0 Å². The number of hydrogen-bond donors (Lipinski definition) is 3. The van der Waals surface area contributed by atoms with Crippen molar-refractivity contribution in [3.8, 4) is 0 Å². The highest BCUT2D eigenvalue weighted by Gasteiger charge is 2.30. The highest BCUT2D eigenvalue weighted by Crippen LogP contribution is 2.45. The zero-order valence-corrected chi connectivity index (χ0v) is 68.2. The molecule has 0 rings (SSSR count). The SMILES string of the molecule is CCCCCCCCCCCCCCCCCCCCCC(=O)OC[C@H](COP(=O)(O)OC[C@@H](O)COP(=O)(O)OC[C@@H](COC(=O)CCCCCCCCC(C)C)OC(=O)CCCCCCCCCCCCC(C)CC)OC(=O)CCCCCCCCCCCCCCCCCCC(C)C. The molecule has 3 N–H and O–H groups in total. The van der Waals surface area contributed by atoms with Crippen molar-refractivity contribution in [2.24, 2.45) is 17.8 Å². The number of phosphoric acid groups is 2. The molecular weight excluding hydrogens is 1320 g/mol. The smallest absolute Gasteiger partial charge is 0.462 e. The minimum absolute atomic E-state index is 0.105. The fourth-order valence-electron chi connectivity index (χ4n) is 12.6. The Bertz CT molecular complexity index is 1960. The molecule has 17 nitrogen and oxygen atoms in total. The van der Waals surface area contributed by atoms with E-state index in [9.17, 15) is 43.2 Å². The summed E-state index contributed by atoms with van der Waals surface area (Å²) in [6.45, 7) is 11.9. The average Bonchev–Trinajstić information content (AvgIpc) is 0.941. The van der Waals surface area contributed by atoms with Crippen molar-refractivity contribution < 1.29 is 80.2 Å². The van der Waals surface area contributed by atoms with E-state index in [1.165, 1.54) is 231 Å². The quantitative estimate of drug-likeness (QED) is 0.0222. The summed E-state index contributed by atoms with van der Waals surface area (Å²) in [6.07, 6.45) is 61.2. The third-order valence-corrected chi connectivity index (χ3v) is 21.4. The molecule has 0 aromatic heterocycles. The molecule has 3 unspecified atom stereocenters.